The number of dihydropyridines is 1. The molecule has 1 aromatic rings. The summed E-state index contributed by atoms with van der Waals surface area (Å²) in [5.41, 5.74) is 15.2. The number of halogens is 3. The molecule has 1 unspecified atom stereocenters. The number of carbonyl (C=O) groups excluding carboxylic acids is 1. The fourth-order valence-corrected chi connectivity index (χ4v) is 4.48. The van der Waals surface area contributed by atoms with E-state index in [1.807, 2.05) is 23.3 Å². The molecule has 0 spiro atoms. The van der Waals surface area contributed by atoms with E-state index in [1.54, 1.807) is 6.92 Å². The quantitative estimate of drug-likeness (QED) is 0.409. The lowest BCUT2D eigenvalue weighted by molar-refractivity contribution is -0.135. The Hall–Kier alpha value is -3.53. The molecule has 3 aliphatic heterocycles. The minimum atomic E-state index is -2.92. The van der Waals surface area contributed by atoms with Crippen molar-refractivity contribution >= 4 is 11.7 Å². The monoisotopic (exact) mass is 501 g/mol. The summed E-state index contributed by atoms with van der Waals surface area (Å²) in [5, 5.41) is 3.16. The van der Waals surface area contributed by atoms with Gasteiger partial charge in [0.15, 0.2) is 0 Å². The smallest absolute Gasteiger partial charge is 0.266 e. The van der Waals surface area contributed by atoms with Crippen LogP contribution >= 0.6 is 0 Å². The van der Waals surface area contributed by atoms with Crippen molar-refractivity contribution in [3.8, 4) is 0 Å². The van der Waals surface area contributed by atoms with Crippen LogP contribution in [0.4, 0.5) is 13.2 Å². The highest BCUT2D eigenvalue weighted by molar-refractivity contribution is 6.02. The van der Waals surface area contributed by atoms with Crippen LogP contribution in [0.15, 0.2) is 69.7 Å². The van der Waals surface area contributed by atoms with Gasteiger partial charge in [0, 0.05) is 42.7 Å². The predicted molar refractivity (Wildman–Crippen MR) is 131 cm³/mol. The van der Waals surface area contributed by atoms with Crippen LogP contribution in [0, 0.1) is 11.7 Å². The van der Waals surface area contributed by atoms with Gasteiger partial charge >= 0.3 is 0 Å². The highest BCUT2D eigenvalue weighted by atomic mass is 19.3. The molecule has 5 N–H and O–H groups in total. The number of allylic oxidation sites excluding steroid dienone is 3. The molecule has 192 valence electrons. The first kappa shape index (κ1) is 25.6. The number of rotatable bonds is 6. The van der Waals surface area contributed by atoms with E-state index < -0.39 is 17.8 Å². The number of nitrogens with zero attached hydrogens (tertiary/aromatic N) is 2. The van der Waals surface area contributed by atoms with Crippen molar-refractivity contribution in [1.82, 2.24) is 10.2 Å². The van der Waals surface area contributed by atoms with Crippen LogP contribution in [0.5, 0.6) is 0 Å². The number of benzene rings is 1. The molecule has 0 bridgehead atoms. The van der Waals surface area contributed by atoms with E-state index in [4.69, 9.17) is 16.2 Å². The summed E-state index contributed by atoms with van der Waals surface area (Å²) in [5.74, 6) is -0.825. The van der Waals surface area contributed by atoms with Crippen molar-refractivity contribution in [2.75, 3.05) is 26.3 Å². The molecule has 7 nitrogen and oxygen atoms in total. The number of amides is 1. The van der Waals surface area contributed by atoms with Crippen molar-refractivity contribution in [2.24, 2.45) is 22.4 Å². The molecule has 3 aliphatic rings. The molecule has 0 aliphatic carbocycles. The Kier molecular flexibility index (Phi) is 7.83. The van der Waals surface area contributed by atoms with E-state index in [2.05, 4.69) is 10.3 Å². The lowest BCUT2D eigenvalue weighted by atomic mass is 9.93. The fraction of sp³-hybridized carbons (Fsp3) is 0.385. The van der Waals surface area contributed by atoms with Crippen LogP contribution in [0.3, 0.4) is 0 Å². The summed E-state index contributed by atoms with van der Waals surface area (Å²) in [7, 11) is 0. The van der Waals surface area contributed by atoms with Crippen LogP contribution < -0.4 is 16.8 Å². The highest BCUT2D eigenvalue weighted by Gasteiger charge is 2.29. The Labute approximate surface area is 208 Å². The van der Waals surface area contributed by atoms with Crippen LogP contribution in [-0.4, -0.2) is 42.9 Å². The van der Waals surface area contributed by atoms with Gasteiger partial charge in [-0.25, -0.2) is 13.2 Å². The van der Waals surface area contributed by atoms with Gasteiger partial charge in [-0.05, 0) is 37.0 Å². The van der Waals surface area contributed by atoms with Gasteiger partial charge in [0.2, 0.25) is 5.91 Å². The minimum Gasteiger partial charge on any atom is -0.401 e. The summed E-state index contributed by atoms with van der Waals surface area (Å²) in [6.45, 7) is 3.73. The first-order valence-electron chi connectivity index (χ1n) is 11.8. The molecule has 1 fully saturated rings. The zero-order valence-electron chi connectivity index (χ0n) is 20.1. The summed E-state index contributed by atoms with van der Waals surface area (Å²) in [6, 6.07) is 3.82. The zero-order valence-corrected chi connectivity index (χ0v) is 20.1. The fourth-order valence-electron chi connectivity index (χ4n) is 4.48. The van der Waals surface area contributed by atoms with Crippen LogP contribution in [0.1, 0.15) is 37.3 Å². The maximum Gasteiger partial charge on any atom is 0.266 e. The summed E-state index contributed by atoms with van der Waals surface area (Å²) in [6.07, 6.45) is 4.19. The maximum absolute atomic E-state index is 14.4. The number of hydrogen-bond donors (Lipinski definition) is 3. The Morgan fingerprint density at radius 1 is 1.33 bits per heavy atom. The van der Waals surface area contributed by atoms with Gasteiger partial charge < -0.3 is 26.4 Å². The number of nitrogens with one attached hydrogen (secondary N) is 1. The molecular formula is C26H30F3N5O2. The Balaban J connectivity index is 1.53. The third-order valence-electron chi connectivity index (χ3n) is 6.55. The van der Waals surface area contributed by atoms with Crippen molar-refractivity contribution in [3.63, 3.8) is 0 Å². The van der Waals surface area contributed by atoms with E-state index >= 15 is 0 Å². The second kappa shape index (κ2) is 11.0. The zero-order chi connectivity index (χ0) is 25.8. The normalized spacial score (nSPS) is 22.1. The Bertz CT molecular complexity index is 1180. The van der Waals surface area contributed by atoms with E-state index in [-0.39, 0.29) is 29.8 Å². The molecule has 1 amide bonds. The molecule has 1 aromatic carbocycles. The third kappa shape index (κ3) is 5.48. The van der Waals surface area contributed by atoms with Crippen molar-refractivity contribution in [1.29, 1.82) is 0 Å². The number of ether oxygens (including phenoxy) is 1. The Morgan fingerprint density at radius 2 is 2.14 bits per heavy atom. The first-order valence-corrected chi connectivity index (χ1v) is 11.8. The molecule has 1 atom stereocenters. The maximum atomic E-state index is 14.4. The number of carbonyl (C=O) groups is 1. The van der Waals surface area contributed by atoms with Crippen molar-refractivity contribution in [2.45, 2.75) is 32.7 Å². The topological polar surface area (TPSA) is 106 Å². The number of amidine groups is 1. The van der Waals surface area contributed by atoms with Crippen LogP contribution in [0.2, 0.25) is 0 Å². The molecule has 10 heteroatoms. The molecule has 4 rings (SSSR count). The number of aliphatic imine (C=N–C) groups is 1. The number of alkyl halides is 2. The highest BCUT2D eigenvalue weighted by Crippen LogP contribution is 2.28. The average molecular weight is 502 g/mol. The second-order valence-electron chi connectivity index (χ2n) is 9.01. The summed E-state index contributed by atoms with van der Waals surface area (Å²) in [4.78, 5) is 18.8. The minimum absolute atomic E-state index is 0.0262. The number of hydrogen-bond acceptors (Lipinski definition) is 5. The van der Waals surface area contributed by atoms with Crippen molar-refractivity contribution < 1.29 is 22.7 Å². The summed E-state index contributed by atoms with van der Waals surface area (Å²) < 4.78 is 45.8. The van der Waals surface area contributed by atoms with Gasteiger partial charge in [-0.15, -0.1) is 0 Å². The lowest BCUT2D eigenvalue weighted by Gasteiger charge is -2.30. The SMILES string of the molecule is C/C(N)=C1\NC=C(C2=CCN(C(=O)C3CCOC3)CC2)C=C1C(N)=NCc1cccc(C(F)F)c1F. The third-order valence-corrected chi connectivity index (χ3v) is 6.55. The average Bonchev–Trinajstić information content (AvgIpc) is 3.42. The largest absolute Gasteiger partial charge is 0.401 e. The lowest BCUT2D eigenvalue weighted by Crippen LogP contribution is -2.39. The van der Waals surface area contributed by atoms with Gasteiger partial charge in [0.05, 0.1) is 30.3 Å². The molecule has 36 heavy (non-hydrogen) atoms. The van der Waals surface area contributed by atoms with Gasteiger partial charge in [-0.3, -0.25) is 9.79 Å². The molecule has 1 saturated heterocycles. The second-order valence-corrected chi connectivity index (χ2v) is 9.01. The van der Waals surface area contributed by atoms with E-state index in [9.17, 15) is 18.0 Å². The van der Waals surface area contributed by atoms with Gasteiger partial charge in [0.1, 0.15) is 11.7 Å². The predicted octanol–water partition coefficient (Wildman–Crippen LogP) is 3.42. The molecular weight excluding hydrogens is 471 g/mol. The van der Waals surface area contributed by atoms with Crippen LogP contribution in [-0.2, 0) is 16.1 Å². The standard InChI is InChI=1S/C26H30F3N5O2/c1-15(30)23-21(25(31)33-12-17-3-2-4-20(22(17)27)24(28)29)11-19(13-32-23)16-5-8-34(9-6-16)26(35)18-7-10-36-14-18/h2-5,11,13,18,24,32H,6-10,12,14,30H2,1H3,(H2,31,33)/b23-15+. The Morgan fingerprint density at radius 3 is 2.78 bits per heavy atom. The molecule has 0 saturated carbocycles. The van der Waals surface area contributed by atoms with E-state index in [0.717, 1.165) is 23.6 Å². The van der Waals surface area contributed by atoms with E-state index in [0.29, 0.717) is 49.7 Å². The first-order chi connectivity index (χ1) is 17.3. The molecule has 3 heterocycles. The summed E-state index contributed by atoms with van der Waals surface area (Å²) >= 11 is 0. The van der Waals surface area contributed by atoms with Gasteiger partial charge in [-0.1, -0.05) is 24.3 Å². The van der Waals surface area contributed by atoms with Crippen LogP contribution in [0.25, 0.3) is 0 Å². The molecule has 0 radical (unpaired) electrons. The molecule has 0 aromatic heterocycles. The van der Waals surface area contributed by atoms with Gasteiger partial charge in [-0.2, -0.15) is 0 Å². The number of nitrogens with two attached hydrogens (primary N) is 2. The van der Waals surface area contributed by atoms with E-state index in [1.165, 1.54) is 12.1 Å². The van der Waals surface area contributed by atoms with Gasteiger partial charge in [0.25, 0.3) is 6.43 Å². The van der Waals surface area contributed by atoms with Crippen molar-refractivity contribution in [3.05, 3.63) is 81.6 Å².